The third-order valence-electron chi connectivity index (χ3n) is 4.79. The fraction of sp³-hybridized carbons (Fsp3) is 0.450. The van der Waals surface area contributed by atoms with Gasteiger partial charge in [0.1, 0.15) is 0 Å². The molecule has 1 fully saturated rings. The van der Waals surface area contributed by atoms with Crippen LogP contribution in [-0.2, 0) is 4.74 Å². The van der Waals surface area contributed by atoms with Gasteiger partial charge in [0.2, 0.25) is 5.76 Å². The Bertz CT molecular complexity index is 956. The van der Waals surface area contributed by atoms with Gasteiger partial charge >= 0.3 is 0 Å². The molecule has 3 aromatic rings. The first-order valence-corrected chi connectivity index (χ1v) is 10.1. The van der Waals surface area contributed by atoms with Crippen LogP contribution in [0, 0.1) is 6.92 Å². The third kappa shape index (κ3) is 3.61. The van der Waals surface area contributed by atoms with Gasteiger partial charge < -0.3 is 9.26 Å². The van der Waals surface area contributed by atoms with Gasteiger partial charge in [0.15, 0.2) is 5.13 Å². The highest BCUT2D eigenvalue weighted by atomic mass is 32.1. The molecule has 0 spiro atoms. The molecule has 27 heavy (non-hydrogen) atoms. The summed E-state index contributed by atoms with van der Waals surface area (Å²) in [7, 11) is 0. The number of rotatable bonds is 5. The molecule has 7 heteroatoms. The first-order valence-electron chi connectivity index (χ1n) is 9.29. The van der Waals surface area contributed by atoms with Gasteiger partial charge in [-0.1, -0.05) is 42.5 Å². The van der Waals surface area contributed by atoms with E-state index in [2.05, 4.69) is 31.1 Å². The van der Waals surface area contributed by atoms with E-state index in [1.807, 2.05) is 6.07 Å². The molecule has 1 aliphatic rings. The molecule has 0 radical (unpaired) electrons. The Hall–Kier alpha value is -2.25. The molecule has 3 heterocycles. The smallest absolute Gasteiger partial charge is 0.298 e. The van der Waals surface area contributed by atoms with Crippen molar-refractivity contribution in [3.63, 3.8) is 0 Å². The van der Waals surface area contributed by atoms with E-state index in [4.69, 9.17) is 14.2 Å². The van der Waals surface area contributed by atoms with Gasteiger partial charge in [-0.2, -0.15) is 0 Å². The number of aromatic nitrogens is 2. The number of nitrogens with zero attached hydrogens (tertiary/aromatic N) is 3. The van der Waals surface area contributed by atoms with Crippen LogP contribution in [0.25, 0.3) is 10.2 Å². The first kappa shape index (κ1) is 18.1. The molecule has 1 atom stereocenters. The van der Waals surface area contributed by atoms with E-state index in [0.29, 0.717) is 23.3 Å². The number of thiazole rings is 1. The molecule has 0 bridgehead atoms. The summed E-state index contributed by atoms with van der Waals surface area (Å²) < 4.78 is 12.1. The van der Waals surface area contributed by atoms with Crippen molar-refractivity contribution in [2.75, 3.05) is 18.1 Å². The summed E-state index contributed by atoms with van der Waals surface area (Å²) in [6.07, 6.45) is 1.99. The van der Waals surface area contributed by atoms with Crippen LogP contribution < -0.4 is 4.90 Å². The molecule has 0 aliphatic carbocycles. The normalized spacial score (nSPS) is 17.1. The van der Waals surface area contributed by atoms with Gasteiger partial charge in [0.05, 0.1) is 28.6 Å². The highest BCUT2D eigenvalue weighted by Gasteiger charge is 2.29. The van der Waals surface area contributed by atoms with Crippen molar-refractivity contribution in [2.24, 2.45) is 0 Å². The summed E-state index contributed by atoms with van der Waals surface area (Å²) in [6, 6.07) is 7.86. The second kappa shape index (κ2) is 7.40. The molecular formula is C20H23N3O3S. The van der Waals surface area contributed by atoms with E-state index >= 15 is 0 Å². The molecule has 4 rings (SSSR count). The van der Waals surface area contributed by atoms with Crippen LogP contribution in [0.4, 0.5) is 5.13 Å². The Morgan fingerprint density at radius 2 is 2.26 bits per heavy atom. The van der Waals surface area contributed by atoms with E-state index in [1.54, 1.807) is 17.9 Å². The largest absolute Gasteiger partial charge is 0.376 e. The minimum Gasteiger partial charge on any atom is -0.376 e. The van der Waals surface area contributed by atoms with Gasteiger partial charge in [-0.05, 0) is 37.3 Å². The maximum absolute atomic E-state index is 13.1. The lowest BCUT2D eigenvalue weighted by Gasteiger charge is -2.21. The highest BCUT2D eigenvalue weighted by molar-refractivity contribution is 7.22. The molecule has 6 nitrogen and oxygen atoms in total. The molecule has 2 aromatic heterocycles. The number of anilines is 1. The van der Waals surface area contributed by atoms with Gasteiger partial charge in [0.25, 0.3) is 5.91 Å². The molecule has 142 valence electrons. The van der Waals surface area contributed by atoms with Crippen molar-refractivity contribution >= 4 is 32.6 Å². The third-order valence-corrected chi connectivity index (χ3v) is 5.83. The Labute approximate surface area is 162 Å². The maximum atomic E-state index is 13.1. The average Bonchev–Trinajstić information content (AvgIpc) is 3.38. The zero-order chi connectivity index (χ0) is 19.0. The van der Waals surface area contributed by atoms with Gasteiger partial charge in [0, 0.05) is 12.7 Å². The monoisotopic (exact) mass is 385 g/mol. The summed E-state index contributed by atoms with van der Waals surface area (Å²) in [6.45, 7) is 7.32. The van der Waals surface area contributed by atoms with Crippen molar-refractivity contribution in [3.8, 4) is 0 Å². The lowest BCUT2D eigenvalue weighted by Crippen LogP contribution is -2.37. The fourth-order valence-corrected chi connectivity index (χ4v) is 4.38. The summed E-state index contributed by atoms with van der Waals surface area (Å²) in [5.74, 6) is 0.368. The molecule has 1 saturated heterocycles. The Balaban J connectivity index is 1.74. The Kier molecular flexibility index (Phi) is 4.97. The maximum Gasteiger partial charge on any atom is 0.298 e. The SMILES string of the molecule is Cc1cc(C(=O)N(C[C@@H]2CCCO2)c2nc3c(C(C)C)cccc3s2)on1. The number of para-hydroxylation sites is 1. The number of amides is 1. The predicted octanol–water partition coefficient (Wildman–Crippen LogP) is 4.54. The first-order chi connectivity index (χ1) is 13.0. The van der Waals surface area contributed by atoms with Gasteiger partial charge in [-0.25, -0.2) is 4.98 Å². The van der Waals surface area contributed by atoms with Crippen molar-refractivity contribution < 1.29 is 14.1 Å². The Morgan fingerprint density at radius 1 is 1.41 bits per heavy atom. The average molecular weight is 385 g/mol. The van der Waals surface area contributed by atoms with Crippen molar-refractivity contribution in [1.29, 1.82) is 0 Å². The standard InChI is InChI=1S/C20H23N3O3S/c1-12(2)15-7-4-8-17-18(15)21-20(27-17)23(11-14-6-5-9-25-14)19(24)16-10-13(3)22-26-16/h4,7-8,10,12,14H,5-6,9,11H2,1-3H3/t14-/m0/s1. The summed E-state index contributed by atoms with van der Waals surface area (Å²) in [5.41, 5.74) is 2.84. The second-order valence-electron chi connectivity index (χ2n) is 7.23. The number of hydrogen-bond acceptors (Lipinski definition) is 6. The van der Waals surface area contributed by atoms with Crippen LogP contribution in [-0.4, -0.2) is 35.3 Å². The zero-order valence-corrected chi connectivity index (χ0v) is 16.6. The Morgan fingerprint density at radius 3 is 2.93 bits per heavy atom. The molecule has 0 N–H and O–H groups in total. The molecule has 1 amide bonds. The van der Waals surface area contributed by atoms with Crippen LogP contribution >= 0.6 is 11.3 Å². The quantitative estimate of drug-likeness (QED) is 0.645. The highest BCUT2D eigenvalue weighted by Crippen LogP contribution is 2.34. The number of ether oxygens (including phenoxy) is 1. The van der Waals surface area contributed by atoms with Gasteiger partial charge in [-0.3, -0.25) is 9.69 Å². The van der Waals surface area contributed by atoms with Crippen molar-refractivity contribution in [3.05, 3.63) is 41.3 Å². The van der Waals surface area contributed by atoms with Crippen LogP contribution in [0.2, 0.25) is 0 Å². The summed E-state index contributed by atoms with van der Waals surface area (Å²) >= 11 is 1.53. The minimum absolute atomic E-state index is 0.0227. The van der Waals surface area contributed by atoms with Crippen LogP contribution in [0.1, 0.15) is 54.4 Å². The van der Waals surface area contributed by atoms with Crippen LogP contribution in [0.15, 0.2) is 28.8 Å². The number of benzene rings is 1. The summed E-state index contributed by atoms with van der Waals surface area (Å²) in [5, 5.41) is 4.53. The molecule has 0 unspecified atom stereocenters. The van der Waals surface area contributed by atoms with Crippen LogP contribution in [0.3, 0.4) is 0 Å². The number of fused-ring (bicyclic) bond motifs is 1. The van der Waals surface area contributed by atoms with E-state index < -0.39 is 0 Å². The number of carbonyl (C=O) groups excluding carboxylic acids is 1. The van der Waals surface area contributed by atoms with E-state index in [0.717, 1.165) is 29.7 Å². The van der Waals surface area contributed by atoms with Crippen LogP contribution in [0.5, 0.6) is 0 Å². The number of carbonyl (C=O) groups is 1. The predicted molar refractivity (Wildman–Crippen MR) is 106 cm³/mol. The van der Waals surface area contributed by atoms with Gasteiger partial charge in [-0.15, -0.1) is 0 Å². The fourth-order valence-electron chi connectivity index (χ4n) is 3.38. The van der Waals surface area contributed by atoms with E-state index in [9.17, 15) is 4.79 Å². The lowest BCUT2D eigenvalue weighted by molar-refractivity contribution is 0.0887. The number of hydrogen-bond donors (Lipinski definition) is 0. The molecule has 1 aromatic carbocycles. The molecule has 1 aliphatic heterocycles. The minimum atomic E-state index is -0.226. The molecule has 0 saturated carbocycles. The van der Waals surface area contributed by atoms with E-state index in [1.165, 1.54) is 16.9 Å². The second-order valence-corrected chi connectivity index (χ2v) is 8.24. The zero-order valence-electron chi connectivity index (χ0n) is 15.8. The van der Waals surface area contributed by atoms with Crippen molar-refractivity contribution in [2.45, 2.75) is 45.6 Å². The lowest BCUT2D eigenvalue weighted by atomic mass is 10.0. The number of aryl methyl sites for hydroxylation is 1. The summed E-state index contributed by atoms with van der Waals surface area (Å²) in [4.78, 5) is 19.7. The topological polar surface area (TPSA) is 68.5 Å². The van der Waals surface area contributed by atoms with Crippen molar-refractivity contribution in [1.82, 2.24) is 10.1 Å². The van der Waals surface area contributed by atoms with E-state index in [-0.39, 0.29) is 17.8 Å². The molecular weight excluding hydrogens is 362 g/mol.